The second kappa shape index (κ2) is 7.42. The summed E-state index contributed by atoms with van der Waals surface area (Å²) in [6, 6.07) is 0. The molecule has 0 aromatic heterocycles. The maximum absolute atomic E-state index is 11.4. The Morgan fingerprint density at radius 2 is 1.86 bits per heavy atom. The van der Waals surface area contributed by atoms with Gasteiger partial charge >= 0.3 is 6.09 Å². The molecule has 1 amide bonds. The molecule has 3 nitrogen and oxygen atoms in total. The lowest BCUT2D eigenvalue weighted by Crippen LogP contribution is -2.30. The molecule has 0 rings (SSSR count). The molecular weight excluding hydrogens is 178 g/mol. The van der Waals surface area contributed by atoms with Crippen LogP contribution in [0.25, 0.3) is 0 Å². The Bertz CT molecular complexity index is 186. The molecule has 0 aromatic rings. The molecule has 0 unspecified atom stereocenters. The maximum Gasteiger partial charge on any atom is 0.414 e. The molecule has 0 bridgehead atoms. The Labute approximate surface area is 86.7 Å². The van der Waals surface area contributed by atoms with E-state index in [1.54, 1.807) is 4.90 Å². The fraction of sp³-hybridized carbons (Fsp3) is 0.727. The predicted molar refractivity (Wildman–Crippen MR) is 58.1 cm³/mol. The largest absolute Gasteiger partial charge is 0.415 e. The number of nitrogens with zero attached hydrogens (tertiary/aromatic N) is 1. The second-order valence-corrected chi connectivity index (χ2v) is 3.18. The van der Waals surface area contributed by atoms with Crippen LogP contribution in [0.1, 0.15) is 40.0 Å². The van der Waals surface area contributed by atoms with E-state index < -0.39 is 0 Å². The lowest BCUT2D eigenvalue weighted by molar-refractivity contribution is 0.130. The molecule has 0 aromatic carbocycles. The van der Waals surface area contributed by atoms with Gasteiger partial charge in [0.1, 0.15) is 5.76 Å². The third-order valence-electron chi connectivity index (χ3n) is 2.06. The van der Waals surface area contributed by atoms with Crippen LogP contribution in [0, 0.1) is 0 Å². The molecule has 0 saturated heterocycles. The molecular formula is C11H21NO2. The fourth-order valence-corrected chi connectivity index (χ4v) is 1.09. The van der Waals surface area contributed by atoms with Gasteiger partial charge in [0.05, 0.1) is 0 Å². The van der Waals surface area contributed by atoms with Crippen LogP contribution in [0.5, 0.6) is 0 Å². The maximum atomic E-state index is 11.4. The van der Waals surface area contributed by atoms with Crippen molar-refractivity contribution in [3.63, 3.8) is 0 Å². The molecule has 0 radical (unpaired) electrons. The Morgan fingerprint density at radius 3 is 2.29 bits per heavy atom. The first kappa shape index (κ1) is 13.0. The van der Waals surface area contributed by atoms with Crippen LogP contribution in [-0.4, -0.2) is 24.1 Å². The molecule has 82 valence electrons. The van der Waals surface area contributed by atoms with Crippen LogP contribution in [0.15, 0.2) is 12.3 Å². The quantitative estimate of drug-likeness (QED) is 0.615. The number of hydrogen-bond acceptors (Lipinski definition) is 2. The van der Waals surface area contributed by atoms with E-state index in [2.05, 4.69) is 13.5 Å². The third kappa shape index (κ3) is 4.90. The summed E-state index contributed by atoms with van der Waals surface area (Å²) in [6.45, 7) is 11.0. The van der Waals surface area contributed by atoms with Crippen molar-refractivity contribution in [2.24, 2.45) is 0 Å². The first-order valence-electron chi connectivity index (χ1n) is 5.30. The van der Waals surface area contributed by atoms with Gasteiger partial charge in [-0.15, -0.1) is 0 Å². The molecule has 0 fully saturated rings. The molecule has 0 aliphatic heterocycles. The second-order valence-electron chi connectivity index (χ2n) is 3.18. The van der Waals surface area contributed by atoms with Crippen molar-refractivity contribution < 1.29 is 9.53 Å². The van der Waals surface area contributed by atoms with Crippen LogP contribution in [-0.2, 0) is 4.74 Å². The molecule has 0 spiro atoms. The molecule has 0 heterocycles. The first-order chi connectivity index (χ1) is 6.65. The highest BCUT2D eigenvalue weighted by Crippen LogP contribution is 2.08. The number of unbranched alkanes of at least 4 members (excludes halogenated alkanes) is 1. The highest BCUT2D eigenvalue weighted by Gasteiger charge is 2.11. The van der Waals surface area contributed by atoms with Gasteiger partial charge in [-0.2, -0.15) is 0 Å². The van der Waals surface area contributed by atoms with E-state index in [1.165, 1.54) is 0 Å². The summed E-state index contributed by atoms with van der Waals surface area (Å²) < 4.78 is 5.09. The number of carbonyl (C=O) groups excluding carboxylic acids is 1. The molecule has 14 heavy (non-hydrogen) atoms. The van der Waals surface area contributed by atoms with E-state index in [-0.39, 0.29) is 6.09 Å². The monoisotopic (exact) mass is 199 g/mol. The number of allylic oxidation sites excluding steroid dienone is 1. The minimum Gasteiger partial charge on any atom is -0.415 e. The molecule has 0 aliphatic rings. The lowest BCUT2D eigenvalue weighted by atomic mass is 10.2. The van der Waals surface area contributed by atoms with Gasteiger partial charge in [0.15, 0.2) is 0 Å². The van der Waals surface area contributed by atoms with Crippen molar-refractivity contribution in [1.82, 2.24) is 4.90 Å². The van der Waals surface area contributed by atoms with Crippen molar-refractivity contribution in [2.45, 2.75) is 40.0 Å². The van der Waals surface area contributed by atoms with Gasteiger partial charge in [-0.1, -0.05) is 19.9 Å². The smallest absolute Gasteiger partial charge is 0.414 e. The summed E-state index contributed by atoms with van der Waals surface area (Å²) in [7, 11) is 0. The normalized spacial score (nSPS) is 9.64. The van der Waals surface area contributed by atoms with Crippen molar-refractivity contribution in [3.8, 4) is 0 Å². The van der Waals surface area contributed by atoms with Gasteiger partial charge in [-0.25, -0.2) is 4.79 Å². The molecule has 0 aliphatic carbocycles. The first-order valence-corrected chi connectivity index (χ1v) is 5.30. The van der Waals surface area contributed by atoms with Crippen LogP contribution < -0.4 is 0 Å². The summed E-state index contributed by atoms with van der Waals surface area (Å²) in [5.41, 5.74) is 0. The van der Waals surface area contributed by atoms with E-state index in [0.29, 0.717) is 18.8 Å². The van der Waals surface area contributed by atoms with Crippen LogP contribution in [0.2, 0.25) is 0 Å². The van der Waals surface area contributed by atoms with E-state index in [4.69, 9.17) is 4.74 Å². The van der Waals surface area contributed by atoms with Gasteiger partial charge in [0.2, 0.25) is 0 Å². The molecule has 3 heteroatoms. The molecule has 0 atom stereocenters. The van der Waals surface area contributed by atoms with Crippen molar-refractivity contribution in [1.29, 1.82) is 0 Å². The van der Waals surface area contributed by atoms with Crippen molar-refractivity contribution in [3.05, 3.63) is 12.3 Å². The topological polar surface area (TPSA) is 29.5 Å². The zero-order valence-electron chi connectivity index (χ0n) is 9.51. The van der Waals surface area contributed by atoms with E-state index >= 15 is 0 Å². The summed E-state index contributed by atoms with van der Waals surface area (Å²) >= 11 is 0. The highest BCUT2D eigenvalue weighted by molar-refractivity contribution is 5.68. The predicted octanol–water partition coefficient (Wildman–Crippen LogP) is 3.17. The summed E-state index contributed by atoms with van der Waals surface area (Å²) in [5, 5.41) is 0. The van der Waals surface area contributed by atoms with Gasteiger partial charge in [0, 0.05) is 19.5 Å². The summed E-state index contributed by atoms with van der Waals surface area (Å²) in [4.78, 5) is 13.1. The van der Waals surface area contributed by atoms with Crippen LogP contribution >= 0.6 is 0 Å². The Morgan fingerprint density at radius 1 is 1.29 bits per heavy atom. The van der Waals surface area contributed by atoms with E-state index in [0.717, 1.165) is 19.3 Å². The van der Waals surface area contributed by atoms with Crippen LogP contribution in [0.4, 0.5) is 4.79 Å². The highest BCUT2D eigenvalue weighted by atomic mass is 16.6. The summed E-state index contributed by atoms with van der Waals surface area (Å²) in [6.07, 6.45) is 2.59. The third-order valence-corrected chi connectivity index (χ3v) is 2.06. The molecule has 0 saturated carbocycles. The van der Waals surface area contributed by atoms with E-state index in [1.807, 2.05) is 13.8 Å². The lowest BCUT2D eigenvalue weighted by Gasteiger charge is -2.18. The average Bonchev–Trinajstić information content (AvgIpc) is 2.16. The van der Waals surface area contributed by atoms with Crippen molar-refractivity contribution in [2.75, 3.05) is 13.1 Å². The Hall–Kier alpha value is -0.990. The van der Waals surface area contributed by atoms with Gasteiger partial charge in [0.25, 0.3) is 0 Å². The Kier molecular flexibility index (Phi) is 6.89. The zero-order chi connectivity index (χ0) is 11.0. The van der Waals surface area contributed by atoms with Crippen molar-refractivity contribution >= 4 is 6.09 Å². The minimum atomic E-state index is -0.281. The SMILES string of the molecule is C=C(CCCC)OC(=O)N(CC)CC. The zero-order valence-corrected chi connectivity index (χ0v) is 9.51. The Balaban J connectivity index is 3.86. The fourth-order valence-electron chi connectivity index (χ4n) is 1.09. The van der Waals surface area contributed by atoms with Gasteiger partial charge in [-0.3, -0.25) is 0 Å². The number of ether oxygens (including phenoxy) is 1. The number of hydrogen-bond donors (Lipinski definition) is 0. The van der Waals surface area contributed by atoms with Gasteiger partial charge in [-0.05, 0) is 20.3 Å². The van der Waals surface area contributed by atoms with E-state index in [9.17, 15) is 4.79 Å². The molecule has 0 N–H and O–H groups in total. The standard InChI is InChI=1S/C11H21NO2/c1-5-8-9-10(4)14-11(13)12(6-2)7-3/h4-9H2,1-3H3. The van der Waals surface area contributed by atoms with Crippen LogP contribution in [0.3, 0.4) is 0 Å². The van der Waals surface area contributed by atoms with Gasteiger partial charge < -0.3 is 9.64 Å². The summed E-state index contributed by atoms with van der Waals surface area (Å²) in [5.74, 6) is 0.573. The number of carbonyl (C=O) groups is 1. The average molecular weight is 199 g/mol. The number of amides is 1. The minimum absolute atomic E-state index is 0.281. The number of rotatable bonds is 6.